The largest absolute Gasteiger partial charge is 0.496 e. The minimum Gasteiger partial charge on any atom is -0.496 e. The van der Waals surface area contributed by atoms with E-state index in [9.17, 15) is 15.0 Å². The lowest BCUT2D eigenvalue weighted by molar-refractivity contribution is 0.0573. The second kappa shape index (κ2) is 9.09. The van der Waals surface area contributed by atoms with Crippen LogP contribution in [0.15, 0.2) is 42.6 Å². The normalized spacial score (nSPS) is 17.8. The number of methoxy groups -OCH3 is 1. The van der Waals surface area contributed by atoms with Crippen molar-refractivity contribution in [2.24, 2.45) is 0 Å². The molecule has 3 aromatic rings. The van der Waals surface area contributed by atoms with Crippen LogP contribution in [-0.2, 0) is 6.54 Å². The molecule has 4 rings (SSSR count). The van der Waals surface area contributed by atoms with Gasteiger partial charge in [-0.3, -0.25) is 9.80 Å². The molecule has 1 atom stereocenters. The first-order chi connectivity index (χ1) is 15.0. The van der Waals surface area contributed by atoms with Crippen LogP contribution < -0.4 is 4.74 Å². The van der Waals surface area contributed by atoms with E-state index in [2.05, 4.69) is 33.8 Å². The van der Waals surface area contributed by atoms with E-state index >= 15 is 0 Å². The Morgan fingerprint density at radius 1 is 1.23 bits per heavy atom. The number of carbonyl (C=O) groups is 1. The van der Waals surface area contributed by atoms with Crippen LogP contribution in [-0.4, -0.2) is 70.9 Å². The van der Waals surface area contributed by atoms with Crippen molar-refractivity contribution in [2.45, 2.75) is 19.5 Å². The lowest BCUT2D eigenvalue weighted by atomic mass is 9.98. The van der Waals surface area contributed by atoms with Crippen LogP contribution in [0.25, 0.3) is 10.9 Å². The van der Waals surface area contributed by atoms with E-state index in [1.54, 1.807) is 19.2 Å². The highest BCUT2D eigenvalue weighted by Gasteiger charge is 2.29. The Morgan fingerprint density at radius 2 is 2.00 bits per heavy atom. The molecule has 0 aliphatic carbocycles. The second-order valence-electron chi connectivity index (χ2n) is 8.08. The molecule has 0 bridgehead atoms. The van der Waals surface area contributed by atoms with Crippen molar-refractivity contribution in [3.8, 4) is 5.75 Å². The number of aromatic nitrogens is 1. The zero-order valence-electron chi connectivity index (χ0n) is 18.0. The maximum atomic E-state index is 11.3. The molecule has 3 N–H and O–H groups in total. The van der Waals surface area contributed by atoms with Gasteiger partial charge in [-0.15, -0.1) is 0 Å². The average molecular weight is 424 g/mol. The van der Waals surface area contributed by atoms with Crippen molar-refractivity contribution >= 4 is 16.9 Å². The number of fused-ring (bicyclic) bond motifs is 1. The SMILES string of the molecule is COc1cc(C)c2[nH]ccc2c1CN1CCN(CCO)CC1c1ccc(C(=O)O)cc1. The summed E-state index contributed by atoms with van der Waals surface area (Å²) in [6.45, 7) is 6.04. The summed E-state index contributed by atoms with van der Waals surface area (Å²) in [6.07, 6.45) is 1.96. The van der Waals surface area contributed by atoms with Crippen LogP contribution >= 0.6 is 0 Å². The Hall–Kier alpha value is -2.87. The van der Waals surface area contributed by atoms with Gasteiger partial charge in [-0.2, -0.15) is 0 Å². The molecule has 2 aromatic carbocycles. The van der Waals surface area contributed by atoms with Gasteiger partial charge >= 0.3 is 5.97 Å². The van der Waals surface area contributed by atoms with Crippen LogP contribution in [0.2, 0.25) is 0 Å². The summed E-state index contributed by atoms with van der Waals surface area (Å²) in [7, 11) is 1.71. The predicted molar refractivity (Wildman–Crippen MR) is 120 cm³/mol. The number of aromatic amines is 1. The van der Waals surface area contributed by atoms with Crippen molar-refractivity contribution < 1.29 is 19.7 Å². The van der Waals surface area contributed by atoms with Gasteiger partial charge in [0.25, 0.3) is 0 Å². The summed E-state index contributed by atoms with van der Waals surface area (Å²) in [4.78, 5) is 19.3. The van der Waals surface area contributed by atoms with E-state index in [1.165, 1.54) is 0 Å². The van der Waals surface area contributed by atoms with Crippen molar-refractivity contribution in [1.82, 2.24) is 14.8 Å². The monoisotopic (exact) mass is 423 g/mol. The molecule has 0 amide bonds. The zero-order chi connectivity index (χ0) is 22.0. The van der Waals surface area contributed by atoms with Gasteiger partial charge < -0.3 is 19.9 Å². The number of carboxylic acids is 1. The van der Waals surface area contributed by atoms with Gasteiger partial charge in [0.05, 0.1) is 19.3 Å². The van der Waals surface area contributed by atoms with Crippen LogP contribution in [0.3, 0.4) is 0 Å². The first-order valence-corrected chi connectivity index (χ1v) is 10.6. The van der Waals surface area contributed by atoms with E-state index in [0.717, 1.165) is 59.5 Å². The number of hydrogen-bond donors (Lipinski definition) is 3. The summed E-state index contributed by atoms with van der Waals surface area (Å²) in [6, 6.07) is 11.4. The highest BCUT2D eigenvalue weighted by molar-refractivity contribution is 5.88. The fraction of sp³-hybridized carbons (Fsp3) is 0.375. The van der Waals surface area contributed by atoms with Crippen LogP contribution in [0.1, 0.15) is 33.1 Å². The third-order valence-corrected chi connectivity index (χ3v) is 6.23. The molecule has 1 unspecified atom stereocenters. The minimum atomic E-state index is -0.923. The Kier molecular flexibility index (Phi) is 6.27. The number of aliphatic hydroxyl groups excluding tert-OH is 1. The lowest BCUT2D eigenvalue weighted by Gasteiger charge is -2.42. The smallest absolute Gasteiger partial charge is 0.335 e. The van der Waals surface area contributed by atoms with Crippen LogP contribution in [0, 0.1) is 6.92 Å². The number of aromatic carboxylic acids is 1. The highest BCUT2D eigenvalue weighted by atomic mass is 16.5. The molecule has 2 heterocycles. The van der Waals surface area contributed by atoms with E-state index in [4.69, 9.17) is 4.74 Å². The van der Waals surface area contributed by atoms with Gasteiger partial charge in [-0.25, -0.2) is 4.79 Å². The first kappa shape index (κ1) is 21.4. The third-order valence-electron chi connectivity index (χ3n) is 6.23. The summed E-state index contributed by atoms with van der Waals surface area (Å²) in [5.41, 5.74) is 4.77. The molecule has 0 spiro atoms. The number of rotatable bonds is 7. The highest BCUT2D eigenvalue weighted by Crippen LogP contribution is 2.35. The van der Waals surface area contributed by atoms with Gasteiger partial charge in [0, 0.05) is 61.4 Å². The summed E-state index contributed by atoms with van der Waals surface area (Å²) < 4.78 is 5.74. The number of hydrogen-bond acceptors (Lipinski definition) is 5. The maximum absolute atomic E-state index is 11.3. The number of benzene rings is 2. The topological polar surface area (TPSA) is 89.0 Å². The molecular weight excluding hydrogens is 394 g/mol. The molecule has 1 saturated heterocycles. The second-order valence-corrected chi connectivity index (χ2v) is 8.08. The van der Waals surface area contributed by atoms with E-state index in [-0.39, 0.29) is 18.2 Å². The number of aryl methyl sites for hydroxylation is 1. The molecule has 1 aliphatic rings. The first-order valence-electron chi connectivity index (χ1n) is 10.6. The molecule has 1 aromatic heterocycles. The number of piperazine rings is 1. The predicted octanol–water partition coefficient (Wildman–Crippen LogP) is 3.03. The number of ether oxygens (including phenoxy) is 1. The number of β-amino-alcohol motifs (C(OH)–C–C–N with tert-alkyl or cyclic N) is 1. The number of carboxylic acid groups (broad SMARTS) is 1. The molecule has 1 aliphatic heterocycles. The van der Waals surface area contributed by atoms with Crippen molar-refractivity contribution in [3.63, 3.8) is 0 Å². The molecule has 1 fully saturated rings. The summed E-state index contributed by atoms with van der Waals surface area (Å²) in [5, 5.41) is 19.8. The molecule has 31 heavy (non-hydrogen) atoms. The third kappa shape index (κ3) is 4.30. The molecule has 164 valence electrons. The van der Waals surface area contributed by atoms with E-state index in [0.29, 0.717) is 6.54 Å². The van der Waals surface area contributed by atoms with E-state index < -0.39 is 5.97 Å². The summed E-state index contributed by atoms with van der Waals surface area (Å²) >= 11 is 0. The summed E-state index contributed by atoms with van der Waals surface area (Å²) in [5.74, 6) is -0.0458. The molecule has 7 heteroatoms. The molecule has 0 saturated carbocycles. The quantitative estimate of drug-likeness (QED) is 0.541. The van der Waals surface area contributed by atoms with Gasteiger partial charge in [-0.05, 0) is 42.3 Å². The Morgan fingerprint density at radius 3 is 2.68 bits per heavy atom. The van der Waals surface area contributed by atoms with Crippen molar-refractivity contribution in [3.05, 3.63) is 64.8 Å². The number of nitrogens with one attached hydrogen (secondary N) is 1. The number of H-pyrrole nitrogens is 1. The van der Waals surface area contributed by atoms with Crippen molar-refractivity contribution in [2.75, 3.05) is 39.9 Å². The fourth-order valence-corrected chi connectivity index (χ4v) is 4.56. The standard InChI is InChI=1S/C24H29N3O4/c1-16-13-22(31-2)20(19-7-8-25-23(16)19)14-27-10-9-26(11-12-28)15-21(27)17-3-5-18(6-4-17)24(29)30/h3-8,13,21,25,28H,9-12,14-15H2,1-2H3,(H,29,30). The van der Waals surface area contributed by atoms with Crippen LogP contribution in [0.4, 0.5) is 0 Å². The van der Waals surface area contributed by atoms with Gasteiger partial charge in [0.2, 0.25) is 0 Å². The fourth-order valence-electron chi connectivity index (χ4n) is 4.56. The lowest BCUT2D eigenvalue weighted by Crippen LogP contribution is -2.48. The van der Waals surface area contributed by atoms with Crippen LogP contribution in [0.5, 0.6) is 5.75 Å². The molecule has 0 radical (unpaired) electrons. The zero-order valence-corrected chi connectivity index (χ0v) is 18.0. The van der Waals surface area contributed by atoms with E-state index in [1.807, 2.05) is 18.3 Å². The Balaban J connectivity index is 1.69. The maximum Gasteiger partial charge on any atom is 0.335 e. The molecular formula is C24H29N3O4. The number of nitrogens with zero attached hydrogens (tertiary/aromatic N) is 2. The average Bonchev–Trinajstić information content (AvgIpc) is 3.27. The van der Waals surface area contributed by atoms with Gasteiger partial charge in [0.1, 0.15) is 5.75 Å². The number of aliphatic hydroxyl groups is 1. The Bertz CT molecular complexity index is 1060. The molecule has 7 nitrogen and oxygen atoms in total. The Labute approximate surface area is 181 Å². The van der Waals surface area contributed by atoms with Gasteiger partial charge in [0.15, 0.2) is 0 Å². The van der Waals surface area contributed by atoms with Crippen molar-refractivity contribution in [1.29, 1.82) is 0 Å². The minimum absolute atomic E-state index is 0.0862. The van der Waals surface area contributed by atoms with Gasteiger partial charge in [-0.1, -0.05) is 12.1 Å².